The summed E-state index contributed by atoms with van der Waals surface area (Å²) in [6.07, 6.45) is 1.18. The molecule has 0 unspecified atom stereocenters. The molecule has 12 heteroatoms. The zero-order chi connectivity index (χ0) is 27.0. The van der Waals surface area contributed by atoms with Gasteiger partial charge in [0.05, 0.1) is 5.52 Å². The molecule has 1 aliphatic rings. The van der Waals surface area contributed by atoms with E-state index in [4.69, 9.17) is 4.74 Å². The van der Waals surface area contributed by atoms with E-state index in [9.17, 15) is 14.4 Å². The summed E-state index contributed by atoms with van der Waals surface area (Å²) in [5, 5.41) is 12.5. The molecule has 0 atom stereocenters. The molecule has 4 heterocycles. The van der Waals surface area contributed by atoms with Crippen LogP contribution in [0.2, 0.25) is 0 Å². The second-order valence-corrected chi connectivity index (χ2v) is 11.4. The van der Waals surface area contributed by atoms with Gasteiger partial charge in [-0.25, -0.2) is 9.59 Å². The summed E-state index contributed by atoms with van der Waals surface area (Å²) >= 11 is 1.37. The van der Waals surface area contributed by atoms with Crippen molar-refractivity contribution in [3.63, 3.8) is 0 Å². The van der Waals surface area contributed by atoms with E-state index in [1.54, 1.807) is 9.47 Å². The van der Waals surface area contributed by atoms with Gasteiger partial charge in [-0.15, -0.1) is 26.3 Å². The number of benzene rings is 1. The van der Waals surface area contributed by atoms with Gasteiger partial charge in [0, 0.05) is 30.4 Å². The van der Waals surface area contributed by atoms with Crippen LogP contribution >= 0.6 is 11.3 Å². The molecule has 0 bridgehead atoms. The lowest BCUT2D eigenvalue weighted by molar-refractivity contribution is 0.0186. The van der Waals surface area contributed by atoms with Crippen molar-refractivity contribution in [3.8, 4) is 10.4 Å². The van der Waals surface area contributed by atoms with Gasteiger partial charge in [0.2, 0.25) is 0 Å². The third-order valence-corrected chi connectivity index (χ3v) is 7.63. The maximum Gasteiger partial charge on any atom is 0.410 e. The van der Waals surface area contributed by atoms with E-state index in [0.717, 1.165) is 10.4 Å². The molecule has 1 aromatic carbocycles. The highest BCUT2D eigenvalue weighted by Crippen LogP contribution is 2.32. The second kappa shape index (κ2) is 10.2. The number of aryl methyl sites for hydroxylation is 1. The van der Waals surface area contributed by atoms with Crippen LogP contribution in [0.4, 0.5) is 4.79 Å². The van der Waals surface area contributed by atoms with E-state index in [0.29, 0.717) is 48.4 Å². The smallest absolute Gasteiger partial charge is 0.410 e. The van der Waals surface area contributed by atoms with Crippen LogP contribution in [0.25, 0.3) is 20.7 Å². The number of fused-ring (bicyclic) bond motifs is 1. The Balaban J connectivity index is 1.54. The largest absolute Gasteiger partial charge is 0.444 e. The molecule has 200 valence electrons. The minimum absolute atomic E-state index is 0.0321. The van der Waals surface area contributed by atoms with Crippen LogP contribution in [0.15, 0.2) is 46.0 Å². The average molecular weight is 538 g/mol. The monoisotopic (exact) mass is 537 g/mol. The first-order valence-electron chi connectivity index (χ1n) is 12.7. The lowest BCUT2D eigenvalue weighted by Gasteiger charge is -2.34. The summed E-state index contributed by atoms with van der Waals surface area (Å²) in [6, 6.07) is 11.3. The number of tetrazole rings is 1. The van der Waals surface area contributed by atoms with E-state index in [-0.39, 0.29) is 24.4 Å². The number of nitrogens with zero attached hydrogens (tertiary/aromatic N) is 7. The first-order valence-corrected chi connectivity index (χ1v) is 13.5. The fourth-order valence-corrected chi connectivity index (χ4v) is 5.71. The van der Waals surface area contributed by atoms with Gasteiger partial charge in [0.1, 0.15) is 17.0 Å². The molecule has 0 N–H and O–H groups in total. The van der Waals surface area contributed by atoms with Crippen LogP contribution in [-0.4, -0.2) is 59.0 Å². The Morgan fingerprint density at radius 1 is 1.13 bits per heavy atom. The van der Waals surface area contributed by atoms with Crippen LogP contribution in [0.3, 0.4) is 0 Å². The van der Waals surface area contributed by atoms with Gasteiger partial charge in [-0.3, -0.25) is 13.9 Å². The van der Waals surface area contributed by atoms with Gasteiger partial charge in [-0.1, -0.05) is 37.3 Å². The van der Waals surface area contributed by atoms with Crippen molar-refractivity contribution in [1.82, 2.24) is 34.2 Å². The number of aromatic nitrogens is 6. The lowest BCUT2D eigenvalue weighted by Crippen LogP contribution is -2.48. The Morgan fingerprint density at radius 2 is 1.84 bits per heavy atom. The van der Waals surface area contributed by atoms with Crippen LogP contribution < -0.4 is 11.2 Å². The first-order chi connectivity index (χ1) is 18.1. The number of carbonyl (C=O) groups is 1. The van der Waals surface area contributed by atoms with Gasteiger partial charge < -0.3 is 9.64 Å². The third kappa shape index (κ3) is 5.13. The molecule has 1 saturated heterocycles. The molecule has 5 rings (SSSR count). The predicted octanol–water partition coefficient (Wildman–Crippen LogP) is 3.52. The van der Waals surface area contributed by atoms with Gasteiger partial charge in [0.25, 0.3) is 5.56 Å². The van der Waals surface area contributed by atoms with Gasteiger partial charge in [-0.05, 0) is 50.5 Å². The zero-order valence-corrected chi connectivity index (χ0v) is 22.8. The summed E-state index contributed by atoms with van der Waals surface area (Å²) in [5.74, 6) is 0.576. The summed E-state index contributed by atoms with van der Waals surface area (Å²) in [6.45, 7) is 8.24. The van der Waals surface area contributed by atoms with Crippen LogP contribution in [0.1, 0.15) is 52.4 Å². The number of hydrogen-bond donors (Lipinski definition) is 0. The molecule has 38 heavy (non-hydrogen) atoms. The third-order valence-electron chi connectivity index (χ3n) is 6.47. The average Bonchev–Trinajstić information content (AvgIpc) is 3.54. The van der Waals surface area contributed by atoms with Crippen molar-refractivity contribution in [2.24, 2.45) is 0 Å². The summed E-state index contributed by atoms with van der Waals surface area (Å²) < 4.78 is 8.88. The minimum Gasteiger partial charge on any atom is -0.444 e. The highest BCUT2D eigenvalue weighted by atomic mass is 32.1. The predicted molar refractivity (Wildman–Crippen MR) is 144 cm³/mol. The summed E-state index contributed by atoms with van der Waals surface area (Å²) in [5.41, 5.74) is 0.181. The standard InChI is InChI=1S/C26H31N7O4S/c1-5-21-27-29-32(28-21)16-31-19-15-20(17-9-7-6-8-10-17)38-22(19)23(34)33(24(31)35)18-11-13-30(14-12-18)25(36)37-26(2,3)4/h6-10,15,18H,5,11-14,16H2,1-4H3. The summed E-state index contributed by atoms with van der Waals surface area (Å²) in [7, 11) is 0. The number of rotatable bonds is 5. The number of hydrogen-bond acceptors (Lipinski definition) is 8. The Morgan fingerprint density at radius 3 is 2.47 bits per heavy atom. The topological polar surface area (TPSA) is 117 Å². The SMILES string of the molecule is CCc1nnn(Cn2c(=O)n(C3CCN(C(=O)OC(C)(C)C)CC3)c(=O)c3sc(-c4ccccc4)cc32)n1. The fourth-order valence-electron chi connectivity index (χ4n) is 4.61. The molecule has 1 fully saturated rings. The Labute approximate surface area is 223 Å². The Kier molecular flexibility index (Phi) is 6.91. The van der Waals surface area contributed by atoms with E-state index in [1.807, 2.05) is 64.1 Å². The van der Waals surface area contributed by atoms with Crippen LogP contribution in [0, 0.1) is 0 Å². The number of amides is 1. The molecule has 0 radical (unpaired) electrons. The van der Waals surface area contributed by atoms with Crippen LogP contribution in [0.5, 0.6) is 0 Å². The van der Waals surface area contributed by atoms with E-state index in [1.165, 1.54) is 20.7 Å². The first kappa shape index (κ1) is 25.8. The highest BCUT2D eigenvalue weighted by Gasteiger charge is 2.30. The molecule has 3 aromatic heterocycles. The molecule has 0 spiro atoms. The quantitative estimate of drug-likeness (QED) is 0.382. The molecule has 1 aliphatic heterocycles. The number of carbonyl (C=O) groups excluding carboxylic acids is 1. The van der Waals surface area contributed by atoms with Crippen molar-refractivity contribution < 1.29 is 9.53 Å². The number of piperidine rings is 1. The number of thiophene rings is 1. The molecule has 0 saturated carbocycles. The van der Waals surface area contributed by atoms with Crippen molar-refractivity contribution in [1.29, 1.82) is 0 Å². The molecule has 4 aromatic rings. The van der Waals surface area contributed by atoms with Crippen molar-refractivity contribution in [2.45, 2.75) is 65.3 Å². The van der Waals surface area contributed by atoms with Gasteiger partial charge in [0.15, 0.2) is 5.82 Å². The maximum atomic E-state index is 13.9. The van der Waals surface area contributed by atoms with E-state index >= 15 is 0 Å². The summed E-state index contributed by atoms with van der Waals surface area (Å²) in [4.78, 5) is 44.1. The lowest BCUT2D eigenvalue weighted by atomic mass is 10.1. The maximum absolute atomic E-state index is 13.9. The number of ether oxygens (including phenoxy) is 1. The Hall–Kier alpha value is -3.80. The van der Waals surface area contributed by atoms with Crippen LogP contribution in [-0.2, 0) is 17.8 Å². The number of likely N-dealkylation sites (tertiary alicyclic amines) is 1. The van der Waals surface area contributed by atoms with Crippen molar-refractivity contribution in [2.75, 3.05) is 13.1 Å². The van der Waals surface area contributed by atoms with Crippen molar-refractivity contribution >= 4 is 27.6 Å². The van der Waals surface area contributed by atoms with Gasteiger partial charge >= 0.3 is 11.8 Å². The molecular weight excluding hydrogens is 506 g/mol. The van der Waals surface area contributed by atoms with E-state index < -0.39 is 11.3 Å². The highest BCUT2D eigenvalue weighted by molar-refractivity contribution is 7.22. The molecule has 0 aliphatic carbocycles. The fraction of sp³-hybridized carbons (Fsp3) is 0.462. The Bertz CT molecular complexity index is 1570. The normalized spacial score (nSPS) is 14.8. The van der Waals surface area contributed by atoms with Gasteiger partial charge in [-0.2, -0.15) is 0 Å². The van der Waals surface area contributed by atoms with Crippen molar-refractivity contribution in [3.05, 3.63) is 63.1 Å². The molecular formula is C26H31N7O4S. The minimum atomic E-state index is -0.591. The van der Waals surface area contributed by atoms with E-state index in [2.05, 4.69) is 15.4 Å². The second-order valence-electron chi connectivity index (χ2n) is 10.3. The molecule has 11 nitrogen and oxygen atoms in total. The zero-order valence-electron chi connectivity index (χ0n) is 22.0. The molecule has 1 amide bonds.